The van der Waals surface area contributed by atoms with Crippen LogP contribution in [-0.2, 0) is 0 Å². The Hall–Kier alpha value is -3.91. The summed E-state index contributed by atoms with van der Waals surface area (Å²) < 4.78 is 7.51. The Balaban J connectivity index is 1.37. The second-order valence-electron chi connectivity index (χ2n) is 7.12. The highest BCUT2D eigenvalue weighted by Crippen LogP contribution is 2.23. The van der Waals surface area contributed by atoms with Crippen LogP contribution in [0.1, 0.15) is 17.0 Å². The average Bonchev–Trinajstić information content (AvgIpc) is 3.04. The molecule has 2 aromatic heterocycles. The summed E-state index contributed by atoms with van der Waals surface area (Å²) in [6.45, 7) is 5.98. The van der Waals surface area contributed by atoms with E-state index in [1.807, 2.05) is 20.8 Å². The van der Waals surface area contributed by atoms with Gasteiger partial charge in [0.1, 0.15) is 5.75 Å². The zero-order chi connectivity index (χ0) is 22.7. The van der Waals surface area contributed by atoms with Crippen molar-refractivity contribution in [1.29, 1.82) is 0 Å². The van der Waals surface area contributed by atoms with Crippen molar-refractivity contribution in [3.63, 3.8) is 0 Å². The van der Waals surface area contributed by atoms with Gasteiger partial charge in [0, 0.05) is 17.4 Å². The van der Waals surface area contributed by atoms with E-state index in [1.54, 1.807) is 65.3 Å². The molecule has 0 aliphatic rings. The summed E-state index contributed by atoms with van der Waals surface area (Å²) in [7, 11) is 0. The van der Waals surface area contributed by atoms with Crippen LogP contribution in [0.25, 0.3) is 5.82 Å². The van der Waals surface area contributed by atoms with Gasteiger partial charge in [0.25, 0.3) is 0 Å². The number of amides is 2. The first-order valence-corrected chi connectivity index (χ1v) is 10.3. The molecular formula is C23H21ClN6O2. The molecule has 0 aliphatic carbocycles. The van der Waals surface area contributed by atoms with Crippen LogP contribution in [0.4, 0.5) is 16.2 Å². The Labute approximate surface area is 190 Å². The van der Waals surface area contributed by atoms with Crippen molar-refractivity contribution in [3.8, 4) is 17.4 Å². The first-order valence-electron chi connectivity index (χ1n) is 9.88. The Morgan fingerprint density at radius 2 is 1.69 bits per heavy atom. The van der Waals surface area contributed by atoms with Gasteiger partial charge in [-0.2, -0.15) is 5.10 Å². The number of carbonyl (C=O) groups excluding carboxylic acids is 1. The van der Waals surface area contributed by atoms with Gasteiger partial charge in [-0.3, -0.25) is 0 Å². The van der Waals surface area contributed by atoms with E-state index in [0.29, 0.717) is 33.8 Å². The molecule has 0 atom stereocenters. The lowest BCUT2D eigenvalue weighted by Gasteiger charge is -2.10. The minimum atomic E-state index is -0.396. The number of rotatable bonds is 5. The first-order chi connectivity index (χ1) is 15.4. The summed E-state index contributed by atoms with van der Waals surface area (Å²) >= 11 is 6.05. The highest BCUT2D eigenvalue weighted by atomic mass is 35.5. The minimum absolute atomic E-state index is 0.351. The van der Waals surface area contributed by atoms with Gasteiger partial charge < -0.3 is 15.4 Å². The van der Waals surface area contributed by atoms with E-state index in [1.165, 1.54) is 0 Å². The maximum atomic E-state index is 12.2. The number of para-hydroxylation sites is 1. The monoisotopic (exact) mass is 448 g/mol. The van der Waals surface area contributed by atoms with Crippen molar-refractivity contribution in [3.05, 3.63) is 82.6 Å². The van der Waals surface area contributed by atoms with E-state index < -0.39 is 6.03 Å². The van der Waals surface area contributed by atoms with Crippen LogP contribution >= 0.6 is 11.6 Å². The van der Waals surface area contributed by atoms with Crippen molar-refractivity contribution in [2.75, 3.05) is 10.6 Å². The molecule has 2 aromatic carbocycles. The third-order valence-electron chi connectivity index (χ3n) is 4.95. The summed E-state index contributed by atoms with van der Waals surface area (Å²) in [6.07, 6.45) is 0. The molecule has 2 amide bonds. The topological polar surface area (TPSA) is 94.0 Å². The van der Waals surface area contributed by atoms with E-state index in [2.05, 4.69) is 25.9 Å². The minimum Gasteiger partial charge on any atom is -0.438 e. The van der Waals surface area contributed by atoms with Crippen LogP contribution in [0.5, 0.6) is 11.6 Å². The molecule has 32 heavy (non-hydrogen) atoms. The van der Waals surface area contributed by atoms with Crippen molar-refractivity contribution in [2.45, 2.75) is 20.8 Å². The van der Waals surface area contributed by atoms with E-state index in [0.717, 1.165) is 17.0 Å². The molecule has 4 aromatic rings. The second kappa shape index (κ2) is 9.07. The zero-order valence-corrected chi connectivity index (χ0v) is 18.5. The third kappa shape index (κ3) is 4.70. The summed E-state index contributed by atoms with van der Waals surface area (Å²) in [6, 6.07) is 17.1. The quantitative estimate of drug-likeness (QED) is 0.409. The second-order valence-corrected chi connectivity index (χ2v) is 7.53. The number of benzene rings is 2. The van der Waals surface area contributed by atoms with E-state index in [-0.39, 0.29) is 0 Å². The highest BCUT2D eigenvalue weighted by Gasteiger charge is 2.11. The van der Waals surface area contributed by atoms with Gasteiger partial charge in [0.05, 0.1) is 16.4 Å². The number of carbonyl (C=O) groups is 1. The first kappa shape index (κ1) is 21.3. The zero-order valence-electron chi connectivity index (χ0n) is 17.8. The van der Waals surface area contributed by atoms with E-state index >= 15 is 0 Å². The summed E-state index contributed by atoms with van der Waals surface area (Å²) in [5.41, 5.74) is 4.24. The summed E-state index contributed by atoms with van der Waals surface area (Å²) in [5.74, 6) is 1.53. The molecule has 2 heterocycles. The van der Waals surface area contributed by atoms with Crippen LogP contribution < -0.4 is 15.4 Å². The van der Waals surface area contributed by atoms with Gasteiger partial charge in [-0.05, 0) is 68.8 Å². The van der Waals surface area contributed by atoms with Gasteiger partial charge >= 0.3 is 6.03 Å². The third-order valence-corrected chi connectivity index (χ3v) is 5.28. The smallest absolute Gasteiger partial charge is 0.323 e. The molecule has 162 valence electrons. The molecule has 9 heteroatoms. The number of anilines is 2. The standard InChI is InChI=1S/C23H21ClN6O2/c1-14-15(2)29-30(16(14)3)21-12-13-22(28-27-21)32-18-10-8-17(9-11-18)25-23(31)26-20-7-5-4-6-19(20)24/h4-13H,1-3H3,(H2,25,26,31). The van der Waals surface area contributed by atoms with Gasteiger partial charge in [0.2, 0.25) is 5.88 Å². The predicted octanol–water partition coefficient (Wildman–Crippen LogP) is 5.68. The van der Waals surface area contributed by atoms with Crippen molar-refractivity contribution < 1.29 is 9.53 Å². The van der Waals surface area contributed by atoms with Crippen molar-refractivity contribution in [2.24, 2.45) is 0 Å². The fraction of sp³-hybridized carbons (Fsp3) is 0.130. The normalized spacial score (nSPS) is 10.6. The van der Waals surface area contributed by atoms with Crippen LogP contribution in [-0.4, -0.2) is 26.0 Å². The molecule has 0 saturated carbocycles. The van der Waals surface area contributed by atoms with Gasteiger partial charge in [-0.25, -0.2) is 9.48 Å². The number of urea groups is 1. The number of aryl methyl sites for hydroxylation is 1. The van der Waals surface area contributed by atoms with Crippen LogP contribution in [0.2, 0.25) is 5.02 Å². The molecule has 2 N–H and O–H groups in total. The molecule has 0 aliphatic heterocycles. The molecular weight excluding hydrogens is 428 g/mol. The summed E-state index contributed by atoms with van der Waals surface area (Å²) in [4.78, 5) is 12.2. The van der Waals surface area contributed by atoms with Crippen LogP contribution in [0.3, 0.4) is 0 Å². The molecule has 0 spiro atoms. The van der Waals surface area contributed by atoms with Gasteiger partial charge in [0.15, 0.2) is 5.82 Å². The molecule has 0 fully saturated rings. The lowest BCUT2D eigenvalue weighted by molar-refractivity contribution is 0.262. The van der Waals surface area contributed by atoms with Crippen molar-refractivity contribution in [1.82, 2.24) is 20.0 Å². The lowest BCUT2D eigenvalue weighted by atomic mass is 10.2. The maximum Gasteiger partial charge on any atom is 0.323 e. The molecule has 0 saturated heterocycles. The fourth-order valence-electron chi connectivity index (χ4n) is 3.00. The number of nitrogens with zero attached hydrogens (tertiary/aromatic N) is 4. The predicted molar refractivity (Wildman–Crippen MR) is 124 cm³/mol. The van der Waals surface area contributed by atoms with Crippen molar-refractivity contribution >= 4 is 29.0 Å². The van der Waals surface area contributed by atoms with E-state index in [9.17, 15) is 4.79 Å². The van der Waals surface area contributed by atoms with E-state index in [4.69, 9.17) is 16.3 Å². The number of nitrogens with one attached hydrogen (secondary N) is 2. The molecule has 0 unspecified atom stereocenters. The summed E-state index contributed by atoms with van der Waals surface area (Å²) in [5, 5.41) is 18.7. The largest absolute Gasteiger partial charge is 0.438 e. The molecule has 0 bridgehead atoms. The van der Waals surface area contributed by atoms with Gasteiger partial charge in [-0.1, -0.05) is 23.7 Å². The molecule has 0 radical (unpaired) electrons. The number of hydrogen-bond donors (Lipinski definition) is 2. The average molecular weight is 449 g/mol. The van der Waals surface area contributed by atoms with Crippen LogP contribution in [0, 0.1) is 20.8 Å². The lowest BCUT2D eigenvalue weighted by Crippen LogP contribution is -2.19. The Bertz CT molecular complexity index is 1250. The Morgan fingerprint density at radius 1 is 0.938 bits per heavy atom. The SMILES string of the molecule is Cc1nn(-c2ccc(Oc3ccc(NC(=O)Nc4ccccc4Cl)cc3)nn2)c(C)c1C. The number of halogens is 1. The Morgan fingerprint density at radius 3 is 2.31 bits per heavy atom. The Kier molecular flexibility index (Phi) is 6.04. The maximum absolute atomic E-state index is 12.2. The number of ether oxygens (including phenoxy) is 1. The number of aromatic nitrogens is 4. The number of hydrogen-bond acceptors (Lipinski definition) is 5. The molecule has 8 nitrogen and oxygen atoms in total. The van der Waals surface area contributed by atoms with Gasteiger partial charge in [-0.15, -0.1) is 10.2 Å². The fourth-order valence-corrected chi connectivity index (χ4v) is 3.18. The highest BCUT2D eigenvalue weighted by molar-refractivity contribution is 6.33. The van der Waals surface area contributed by atoms with Crippen LogP contribution in [0.15, 0.2) is 60.7 Å². The molecule has 4 rings (SSSR count).